The van der Waals surface area contributed by atoms with Crippen molar-refractivity contribution in [1.29, 1.82) is 0 Å². The van der Waals surface area contributed by atoms with Crippen molar-refractivity contribution >= 4 is 17.4 Å². The molecule has 0 spiro atoms. The molecule has 0 bridgehead atoms. The van der Waals surface area contributed by atoms with Crippen LogP contribution in [0.5, 0.6) is 5.75 Å². The lowest BCUT2D eigenvalue weighted by atomic mass is 9.95. The fourth-order valence-corrected chi connectivity index (χ4v) is 4.49. The van der Waals surface area contributed by atoms with Crippen LogP contribution in [0.3, 0.4) is 0 Å². The van der Waals surface area contributed by atoms with Crippen molar-refractivity contribution in [3.8, 4) is 17.0 Å². The number of hydrogen-bond acceptors (Lipinski definition) is 5. The lowest BCUT2D eigenvalue weighted by Crippen LogP contribution is -2.23. The minimum Gasteiger partial charge on any atom is -0.424 e. The average molecular weight is 456 g/mol. The van der Waals surface area contributed by atoms with Gasteiger partial charge in [-0.15, -0.1) is 0 Å². The zero-order valence-electron chi connectivity index (χ0n) is 19.2. The van der Waals surface area contributed by atoms with E-state index in [1.54, 1.807) is 6.07 Å². The smallest absolute Gasteiger partial charge is 0.337 e. The molecule has 174 valence electrons. The quantitative estimate of drug-likeness (QED) is 0.266. The number of nitrogens with zero attached hydrogens (tertiary/aromatic N) is 2. The molecule has 1 aliphatic carbocycles. The summed E-state index contributed by atoms with van der Waals surface area (Å²) >= 11 is 0. The van der Waals surface area contributed by atoms with E-state index in [2.05, 4.69) is 9.72 Å². The Morgan fingerprint density at radius 1 is 0.941 bits per heavy atom. The standard InChI is InChI=1S/C28H29N3O3/c32-26(20-33-19-21-11-3-1-4-12-21)34-24-16-8-7-15-23(24)27-28(29-22-13-5-2-6-14-22)31-18-10-9-17-25(31)30-27/h1,3-4,7-12,15-18,22,29H,2,5-6,13-14,19-20H2. The van der Waals surface area contributed by atoms with Gasteiger partial charge in [0.25, 0.3) is 0 Å². The minimum absolute atomic E-state index is 0.123. The molecule has 2 aromatic carbocycles. The molecule has 0 radical (unpaired) electrons. The SMILES string of the molecule is O=C(COCc1ccccc1)Oc1ccccc1-c1nc2ccccn2c1NC1CCCCC1. The summed E-state index contributed by atoms with van der Waals surface area (Å²) in [5.41, 5.74) is 3.42. The van der Waals surface area contributed by atoms with E-state index >= 15 is 0 Å². The summed E-state index contributed by atoms with van der Waals surface area (Å²) in [5.74, 6) is 0.978. The number of esters is 1. The van der Waals surface area contributed by atoms with Crippen LogP contribution in [-0.4, -0.2) is 28.0 Å². The van der Waals surface area contributed by atoms with Crippen molar-refractivity contribution in [2.24, 2.45) is 0 Å². The van der Waals surface area contributed by atoms with Crippen LogP contribution in [0.1, 0.15) is 37.7 Å². The Morgan fingerprint density at radius 2 is 1.71 bits per heavy atom. The van der Waals surface area contributed by atoms with Gasteiger partial charge in [0.2, 0.25) is 0 Å². The summed E-state index contributed by atoms with van der Waals surface area (Å²) in [7, 11) is 0. The van der Waals surface area contributed by atoms with E-state index in [4.69, 9.17) is 14.5 Å². The number of fused-ring (bicyclic) bond motifs is 1. The number of ether oxygens (including phenoxy) is 2. The van der Waals surface area contributed by atoms with E-state index in [0.29, 0.717) is 18.4 Å². The maximum absolute atomic E-state index is 12.6. The number of aromatic nitrogens is 2. The molecule has 6 heteroatoms. The van der Waals surface area contributed by atoms with Gasteiger partial charge in [0.05, 0.1) is 6.61 Å². The monoisotopic (exact) mass is 455 g/mol. The van der Waals surface area contributed by atoms with Gasteiger partial charge < -0.3 is 14.8 Å². The molecule has 1 aliphatic rings. The number of rotatable bonds is 8. The Balaban J connectivity index is 1.37. The Bertz CT molecular complexity index is 1250. The van der Waals surface area contributed by atoms with Gasteiger partial charge in [0.15, 0.2) is 0 Å². The first-order valence-electron chi connectivity index (χ1n) is 11.9. The van der Waals surface area contributed by atoms with Gasteiger partial charge in [-0.25, -0.2) is 9.78 Å². The van der Waals surface area contributed by atoms with Crippen LogP contribution in [0.4, 0.5) is 5.82 Å². The number of benzene rings is 2. The van der Waals surface area contributed by atoms with Crippen LogP contribution in [0.25, 0.3) is 16.9 Å². The molecule has 2 aromatic heterocycles. The Hall–Kier alpha value is -3.64. The van der Waals surface area contributed by atoms with E-state index in [-0.39, 0.29) is 6.61 Å². The summed E-state index contributed by atoms with van der Waals surface area (Å²) in [4.78, 5) is 17.5. The first kappa shape index (κ1) is 22.2. The minimum atomic E-state index is -0.436. The van der Waals surface area contributed by atoms with Crippen LogP contribution in [-0.2, 0) is 16.1 Å². The highest BCUT2D eigenvalue weighted by Crippen LogP contribution is 2.36. The third kappa shape index (κ3) is 5.13. The molecule has 6 nitrogen and oxygen atoms in total. The Kier molecular flexibility index (Phi) is 6.86. The maximum atomic E-state index is 12.6. The van der Waals surface area contributed by atoms with Gasteiger partial charge in [-0.05, 0) is 42.7 Å². The second kappa shape index (κ2) is 10.5. The number of anilines is 1. The molecule has 1 saturated carbocycles. The number of nitrogens with one attached hydrogen (secondary N) is 1. The van der Waals surface area contributed by atoms with Crippen molar-refractivity contribution in [3.63, 3.8) is 0 Å². The van der Waals surface area contributed by atoms with Gasteiger partial charge in [-0.1, -0.05) is 67.8 Å². The third-order valence-electron chi connectivity index (χ3n) is 6.17. The van der Waals surface area contributed by atoms with Gasteiger partial charge in [0.1, 0.15) is 29.5 Å². The molecular weight excluding hydrogens is 426 g/mol. The molecule has 0 amide bonds. The number of hydrogen-bond donors (Lipinski definition) is 1. The summed E-state index contributed by atoms with van der Waals surface area (Å²) in [6.45, 7) is 0.237. The van der Waals surface area contributed by atoms with Gasteiger partial charge in [0, 0.05) is 17.8 Å². The topological polar surface area (TPSA) is 64.9 Å². The highest BCUT2D eigenvalue weighted by atomic mass is 16.6. The fourth-order valence-electron chi connectivity index (χ4n) is 4.49. The van der Waals surface area contributed by atoms with Gasteiger partial charge in [-0.2, -0.15) is 0 Å². The zero-order chi connectivity index (χ0) is 23.2. The van der Waals surface area contributed by atoms with Crippen LogP contribution in [0, 0.1) is 0 Å². The van der Waals surface area contributed by atoms with E-state index in [9.17, 15) is 4.79 Å². The van der Waals surface area contributed by atoms with Crippen molar-refractivity contribution in [2.45, 2.75) is 44.8 Å². The van der Waals surface area contributed by atoms with Crippen LogP contribution >= 0.6 is 0 Å². The highest BCUT2D eigenvalue weighted by Gasteiger charge is 2.22. The number of carbonyl (C=O) groups is 1. The predicted octanol–water partition coefficient (Wildman–Crippen LogP) is 5.87. The van der Waals surface area contributed by atoms with E-state index in [1.165, 1.54) is 19.3 Å². The normalized spacial score (nSPS) is 14.2. The summed E-state index contributed by atoms with van der Waals surface area (Å²) < 4.78 is 13.4. The van der Waals surface area contributed by atoms with Crippen molar-refractivity contribution in [3.05, 3.63) is 84.6 Å². The number of para-hydroxylation sites is 1. The molecule has 4 aromatic rings. The summed E-state index contributed by atoms with van der Waals surface area (Å²) in [6.07, 6.45) is 8.08. The molecular formula is C28H29N3O3. The van der Waals surface area contributed by atoms with E-state index in [1.807, 2.05) is 72.9 Å². The van der Waals surface area contributed by atoms with Crippen molar-refractivity contribution in [2.75, 3.05) is 11.9 Å². The lowest BCUT2D eigenvalue weighted by molar-refractivity contribution is -0.139. The summed E-state index contributed by atoms with van der Waals surface area (Å²) in [6, 6.07) is 23.7. The zero-order valence-corrected chi connectivity index (χ0v) is 19.2. The molecule has 0 aliphatic heterocycles. The molecule has 5 rings (SSSR count). The molecule has 0 atom stereocenters. The Labute approximate surface area is 199 Å². The fraction of sp³-hybridized carbons (Fsp3) is 0.286. The first-order chi connectivity index (χ1) is 16.8. The molecule has 34 heavy (non-hydrogen) atoms. The van der Waals surface area contributed by atoms with Crippen molar-refractivity contribution in [1.82, 2.24) is 9.38 Å². The Morgan fingerprint density at radius 3 is 2.56 bits per heavy atom. The van der Waals surface area contributed by atoms with E-state index in [0.717, 1.165) is 41.1 Å². The predicted molar refractivity (Wildman–Crippen MR) is 133 cm³/mol. The number of pyridine rings is 1. The highest BCUT2D eigenvalue weighted by molar-refractivity contribution is 5.83. The number of imidazole rings is 1. The van der Waals surface area contributed by atoms with Gasteiger partial charge in [-0.3, -0.25) is 4.40 Å². The maximum Gasteiger partial charge on any atom is 0.337 e. The molecule has 1 fully saturated rings. The first-order valence-corrected chi connectivity index (χ1v) is 11.9. The lowest BCUT2D eigenvalue weighted by Gasteiger charge is -2.24. The largest absolute Gasteiger partial charge is 0.424 e. The van der Waals surface area contributed by atoms with Gasteiger partial charge >= 0.3 is 5.97 Å². The number of carbonyl (C=O) groups excluding carboxylic acids is 1. The van der Waals surface area contributed by atoms with Crippen molar-refractivity contribution < 1.29 is 14.3 Å². The second-order valence-electron chi connectivity index (χ2n) is 8.67. The molecule has 0 saturated heterocycles. The average Bonchev–Trinajstić information content (AvgIpc) is 3.24. The summed E-state index contributed by atoms with van der Waals surface area (Å²) in [5, 5.41) is 3.74. The molecule has 1 N–H and O–H groups in total. The molecule has 0 unspecified atom stereocenters. The second-order valence-corrected chi connectivity index (χ2v) is 8.67. The van der Waals surface area contributed by atoms with E-state index < -0.39 is 5.97 Å². The van der Waals surface area contributed by atoms with Crippen LogP contribution in [0.15, 0.2) is 79.0 Å². The van der Waals surface area contributed by atoms with Crippen LogP contribution in [0.2, 0.25) is 0 Å². The molecule has 2 heterocycles. The third-order valence-corrected chi connectivity index (χ3v) is 6.17. The van der Waals surface area contributed by atoms with Crippen LogP contribution < -0.4 is 10.1 Å².